The molecule has 2 fully saturated rings. The fraction of sp³-hybridized carbons (Fsp3) is 0.513. The highest BCUT2D eigenvalue weighted by Crippen LogP contribution is 2.57. The number of carbonyl (C=O) groups excluding carboxylic acids is 3. The zero-order chi connectivity index (χ0) is 34.8. The quantitative estimate of drug-likeness (QED) is 0.238. The molecule has 262 valence electrons. The van der Waals surface area contributed by atoms with Gasteiger partial charge in [-0.3, -0.25) is 14.4 Å². The molecule has 10 nitrogen and oxygen atoms in total. The zero-order valence-electron chi connectivity index (χ0n) is 29.2. The van der Waals surface area contributed by atoms with Gasteiger partial charge >= 0.3 is 0 Å². The fourth-order valence-electron chi connectivity index (χ4n) is 8.29. The maximum atomic E-state index is 14.9. The van der Waals surface area contributed by atoms with E-state index in [0.29, 0.717) is 44.8 Å². The molecule has 5 atom stereocenters. The smallest absolute Gasteiger partial charge is 0.253 e. The molecular formula is C39H50N4O6. The Labute approximate surface area is 289 Å². The van der Waals surface area contributed by atoms with Gasteiger partial charge in [0.1, 0.15) is 17.4 Å². The third kappa shape index (κ3) is 6.14. The lowest BCUT2D eigenvalue weighted by atomic mass is 9.74. The van der Waals surface area contributed by atoms with Crippen molar-refractivity contribution >= 4 is 34.8 Å². The average molecular weight is 671 g/mol. The third-order valence-electron chi connectivity index (χ3n) is 10.6. The molecule has 3 amide bonds. The van der Waals surface area contributed by atoms with Crippen LogP contribution in [-0.4, -0.2) is 90.9 Å². The Morgan fingerprint density at radius 3 is 2.04 bits per heavy atom. The van der Waals surface area contributed by atoms with Crippen LogP contribution in [0.3, 0.4) is 0 Å². The van der Waals surface area contributed by atoms with Gasteiger partial charge in [-0.05, 0) is 89.1 Å². The summed E-state index contributed by atoms with van der Waals surface area (Å²) in [5, 5.41) is 9.29. The molecule has 0 radical (unpaired) electrons. The lowest BCUT2D eigenvalue weighted by Crippen LogP contribution is -2.56. The predicted molar refractivity (Wildman–Crippen MR) is 191 cm³/mol. The Hall–Kier alpha value is -4.15. The van der Waals surface area contributed by atoms with Crippen LogP contribution >= 0.6 is 0 Å². The highest BCUT2D eigenvalue weighted by atomic mass is 16.5. The number of aliphatic hydroxyl groups is 1. The highest BCUT2D eigenvalue weighted by molar-refractivity contribution is 6.07. The van der Waals surface area contributed by atoms with Gasteiger partial charge in [-0.2, -0.15) is 0 Å². The standard InChI is InChI=1S/C39H50N4O6/c1-5-40(6-2)28-14-16-29(17-15-28)42-26-13-23-39-33(36(46)43(34(39)37(42)47)24-10-8-9-11-27-44)32-35(45)41(25-12-22-38(32,4)49-39)30-18-20-31(21-19-30)48-7-3/h12-23,32-34,44H,5-11,24-27H2,1-4H3/t32-,33-,34?,38+,39-/m0/s1. The van der Waals surface area contributed by atoms with Gasteiger partial charge in [-0.1, -0.05) is 37.1 Å². The highest BCUT2D eigenvalue weighted by Gasteiger charge is 2.74. The molecule has 4 heterocycles. The summed E-state index contributed by atoms with van der Waals surface area (Å²) in [6, 6.07) is 14.5. The van der Waals surface area contributed by atoms with Crippen molar-refractivity contribution in [1.82, 2.24) is 4.90 Å². The topological polar surface area (TPSA) is 103 Å². The summed E-state index contributed by atoms with van der Waals surface area (Å²) in [6.45, 7) is 11.5. The number of amides is 3. The molecule has 1 unspecified atom stereocenters. The van der Waals surface area contributed by atoms with Crippen molar-refractivity contribution in [3.63, 3.8) is 0 Å². The molecule has 1 spiro atoms. The lowest BCUT2D eigenvalue weighted by Gasteiger charge is -2.37. The van der Waals surface area contributed by atoms with Gasteiger partial charge in [-0.25, -0.2) is 0 Å². The number of fused-ring (bicyclic) bond motifs is 2. The second-order valence-electron chi connectivity index (χ2n) is 13.5. The molecule has 4 aliphatic heterocycles. The lowest BCUT2D eigenvalue weighted by molar-refractivity contribution is -0.144. The monoisotopic (exact) mass is 670 g/mol. The zero-order valence-corrected chi connectivity index (χ0v) is 29.2. The summed E-state index contributed by atoms with van der Waals surface area (Å²) >= 11 is 0. The minimum Gasteiger partial charge on any atom is -0.494 e. The van der Waals surface area contributed by atoms with E-state index in [1.165, 1.54) is 0 Å². The van der Waals surface area contributed by atoms with Gasteiger partial charge in [-0.15, -0.1) is 0 Å². The van der Waals surface area contributed by atoms with E-state index in [-0.39, 0.29) is 24.3 Å². The first-order chi connectivity index (χ1) is 23.7. The number of aliphatic hydroxyl groups excluding tert-OH is 1. The molecule has 0 saturated carbocycles. The van der Waals surface area contributed by atoms with E-state index in [4.69, 9.17) is 9.47 Å². The Balaban J connectivity index is 1.37. The number of carbonyl (C=O) groups is 3. The van der Waals surface area contributed by atoms with Crippen molar-refractivity contribution in [3.8, 4) is 5.75 Å². The van der Waals surface area contributed by atoms with E-state index in [9.17, 15) is 19.5 Å². The Morgan fingerprint density at radius 2 is 1.41 bits per heavy atom. The van der Waals surface area contributed by atoms with Gasteiger partial charge in [0, 0.05) is 56.4 Å². The Kier molecular flexibility index (Phi) is 10.2. The summed E-state index contributed by atoms with van der Waals surface area (Å²) in [5.74, 6) is -1.66. The van der Waals surface area contributed by atoms with Crippen LogP contribution in [-0.2, 0) is 19.1 Å². The summed E-state index contributed by atoms with van der Waals surface area (Å²) in [7, 11) is 0. The van der Waals surface area contributed by atoms with Crippen LogP contribution in [0, 0.1) is 11.8 Å². The average Bonchev–Trinajstić information content (AvgIpc) is 3.36. The first kappa shape index (κ1) is 34.7. The Bertz CT molecular complexity index is 1570. The SMILES string of the molecule is CCOc1ccc(N2CC=C[C@@]3(C)O[C@]45C=CCN(c6ccc(N(CC)CC)cc6)C(=O)C4N(CCCCCCO)C(=O)[C@@H]5[C@H]3C2=O)cc1. The molecular weight excluding hydrogens is 620 g/mol. The van der Waals surface area contributed by atoms with E-state index < -0.39 is 29.1 Å². The number of hydrogen-bond donors (Lipinski definition) is 1. The largest absolute Gasteiger partial charge is 0.494 e. The summed E-state index contributed by atoms with van der Waals surface area (Å²) in [4.78, 5) is 51.7. The van der Waals surface area contributed by atoms with Gasteiger partial charge in [0.2, 0.25) is 11.8 Å². The molecule has 0 aromatic heterocycles. The minimum absolute atomic E-state index is 0.121. The van der Waals surface area contributed by atoms with Crippen LogP contribution in [0.5, 0.6) is 5.75 Å². The maximum Gasteiger partial charge on any atom is 0.253 e. The van der Waals surface area contributed by atoms with E-state index >= 15 is 0 Å². The van der Waals surface area contributed by atoms with E-state index in [2.05, 4.69) is 18.7 Å². The van der Waals surface area contributed by atoms with Crippen LogP contribution in [0.15, 0.2) is 72.8 Å². The number of hydrogen-bond acceptors (Lipinski definition) is 7. The van der Waals surface area contributed by atoms with Crippen LogP contribution in [0.4, 0.5) is 17.1 Å². The minimum atomic E-state index is -1.32. The number of rotatable bonds is 13. The number of anilines is 3. The number of unbranched alkanes of at least 4 members (excludes halogenated alkanes) is 3. The van der Waals surface area contributed by atoms with Crippen molar-refractivity contribution in [1.29, 1.82) is 0 Å². The summed E-state index contributed by atoms with van der Waals surface area (Å²) in [5.41, 5.74) is 0.110. The van der Waals surface area contributed by atoms with Gasteiger partial charge < -0.3 is 34.2 Å². The van der Waals surface area contributed by atoms with Crippen LogP contribution in [0.25, 0.3) is 0 Å². The predicted octanol–water partition coefficient (Wildman–Crippen LogP) is 4.96. The molecule has 49 heavy (non-hydrogen) atoms. The molecule has 2 saturated heterocycles. The van der Waals surface area contributed by atoms with Gasteiger partial charge in [0.15, 0.2) is 0 Å². The molecule has 10 heteroatoms. The van der Waals surface area contributed by atoms with Crippen LogP contribution < -0.4 is 19.4 Å². The van der Waals surface area contributed by atoms with Crippen molar-refractivity contribution in [2.45, 2.75) is 70.6 Å². The molecule has 0 aliphatic carbocycles. The third-order valence-corrected chi connectivity index (χ3v) is 10.6. The van der Waals surface area contributed by atoms with Gasteiger partial charge in [0.05, 0.1) is 24.0 Å². The van der Waals surface area contributed by atoms with Crippen molar-refractivity contribution in [2.24, 2.45) is 11.8 Å². The van der Waals surface area contributed by atoms with Crippen molar-refractivity contribution in [3.05, 3.63) is 72.8 Å². The Morgan fingerprint density at radius 1 is 0.796 bits per heavy atom. The number of ether oxygens (including phenoxy) is 2. The van der Waals surface area contributed by atoms with E-state index in [1.807, 2.05) is 86.7 Å². The molecule has 6 rings (SSSR count). The molecule has 2 aromatic rings. The fourth-order valence-corrected chi connectivity index (χ4v) is 8.29. The first-order valence-corrected chi connectivity index (χ1v) is 17.9. The number of nitrogens with zero attached hydrogens (tertiary/aromatic N) is 4. The molecule has 1 N–H and O–H groups in total. The number of benzene rings is 2. The normalized spacial score (nSPS) is 27.6. The molecule has 4 aliphatic rings. The second kappa shape index (κ2) is 14.4. The van der Waals surface area contributed by atoms with Crippen molar-refractivity contribution < 1.29 is 29.0 Å². The van der Waals surface area contributed by atoms with Crippen LogP contribution in [0.1, 0.15) is 53.4 Å². The molecule has 0 bridgehead atoms. The number of likely N-dealkylation sites (tertiary alicyclic amines) is 1. The van der Waals surface area contributed by atoms with E-state index in [1.54, 1.807) is 14.7 Å². The van der Waals surface area contributed by atoms with Crippen molar-refractivity contribution in [2.75, 3.05) is 60.6 Å². The summed E-state index contributed by atoms with van der Waals surface area (Å²) in [6.07, 6.45) is 10.7. The van der Waals surface area contributed by atoms with Gasteiger partial charge in [0.25, 0.3) is 5.91 Å². The molecule has 2 aromatic carbocycles. The van der Waals surface area contributed by atoms with Crippen LogP contribution in [0.2, 0.25) is 0 Å². The summed E-state index contributed by atoms with van der Waals surface area (Å²) < 4.78 is 12.6. The first-order valence-electron chi connectivity index (χ1n) is 17.9. The maximum absolute atomic E-state index is 14.9. The van der Waals surface area contributed by atoms with E-state index in [0.717, 1.165) is 43.1 Å². The second-order valence-corrected chi connectivity index (χ2v) is 13.5.